The van der Waals surface area contributed by atoms with Crippen LogP contribution >= 0.6 is 0 Å². The van der Waals surface area contributed by atoms with Gasteiger partial charge in [-0.15, -0.1) is 0 Å². The first-order valence-electron chi connectivity index (χ1n) is 6.90. The Hall–Kier alpha value is -1.11. The van der Waals surface area contributed by atoms with E-state index in [0.717, 1.165) is 24.1 Å². The Bertz CT molecular complexity index is 545. The van der Waals surface area contributed by atoms with Gasteiger partial charge in [-0.3, -0.25) is 4.31 Å². The second-order valence-electron chi connectivity index (χ2n) is 5.04. The number of ether oxygens (including phenoxy) is 1. The minimum absolute atomic E-state index is 0.0922. The molecule has 0 spiro atoms. The molecule has 1 unspecified atom stereocenters. The summed E-state index contributed by atoms with van der Waals surface area (Å²) in [7, 11) is -1.74. The molecule has 0 radical (unpaired) electrons. The predicted molar refractivity (Wildman–Crippen MR) is 80.2 cm³/mol. The first kappa shape index (κ1) is 15.3. The van der Waals surface area contributed by atoms with E-state index in [-0.39, 0.29) is 11.8 Å². The minimum Gasteiger partial charge on any atom is -0.385 e. The lowest BCUT2D eigenvalue weighted by Crippen LogP contribution is -2.34. The minimum atomic E-state index is -3.32. The van der Waals surface area contributed by atoms with Crippen molar-refractivity contribution in [3.05, 3.63) is 29.8 Å². The molecule has 20 heavy (non-hydrogen) atoms. The molecule has 0 bridgehead atoms. The van der Waals surface area contributed by atoms with Gasteiger partial charge in [0.2, 0.25) is 10.0 Å². The third-order valence-electron chi connectivity index (χ3n) is 3.57. The van der Waals surface area contributed by atoms with Crippen LogP contribution in [0.25, 0.3) is 0 Å². The summed E-state index contributed by atoms with van der Waals surface area (Å²) in [6.07, 6.45) is 2.09. The number of anilines is 1. The average Bonchev–Trinajstić information content (AvgIpc) is 2.59. The monoisotopic (exact) mass is 298 g/mol. The number of hydrogen-bond acceptors (Lipinski definition) is 4. The summed E-state index contributed by atoms with van der Waals surface area (Å²) >= 11 is 0. The fraction of sp³-hybridized carbons (Fsp3) is 0.571. The first-order chi connectivity index (χ1) is 9.56. The van der Waals surface area contributed by atoms with Crippen molar-refractivity contribution in [1.82, 2.24) is 0 Å². The highest BCUT2D eigenvalue weighted by atomic mass is 32.2. The third kappa shape index (κ3) is 3.31. The van der Waals surface area contributed by atoms with E-state index in [0.29, 0.717) is 19.6 Å². The number of methoxy groups -OCH3 is 1. The Morgan fingerprint density at radius 1 is 1.40 bits per heavy atom. The molecule has 0 amide bonds. The molecule has 1 aliphatic rings. The van der Waals surface area contributed by atoms with Crippen molar-refractivity contribution in [2.75, 3.05) is 30.3 Å². The van der Waals surface area contributed by atoms with Crippen molar-refractivity contribution < 1.29 is 13.2 Å². The second kappa shape index (κ2) is 6.56. The molecular weight excluding hydrogens is 276 g/mol. The van der Waals surface area contributed by atoms with E-state index in [1.165, 1.54) is 4.31 Å². The number of fused-ring (bicyclic) bond motifs is 1. The topological polar surface area (TPSA) is 72.6 Å². The average molecular weight is 298 g/mol. The summed E-state index contributed by atoms with van der Waals surface area (Å²) in [6, 6.07) is 7.43. The van der Waals surface area contributed by atoms with Crippen LogP contribution in [0.3, 0.4) is 0 Å². The molecule has 1 atom stereocenters. The zero-order valence-electron chi connectivity index (χ0n) is 11.8. The van der Waals surface area contributed by atoms with Crippen molar-refractivity contribution in [2.45, 2.75) is 25.3 Å². The highest BCUT2D eigenvalue weighted by molar-refractivity contribution is 7.92. The van der Waals surface area contributed by atoms with Crippen LogP contribution < -0.4 is 10.0 Å². The molecule has 0 aliphatic carbocycles. The Morgan fingerprint density at radius 3 is 2.90 bits per heavy atom. The van der Waals surface area contributed by atoms with Gasteiger partial charge in [-0.2, -0.15) is 0 Å². The van der Waals surface area contributed by atoms with E-state index in [1.54, 1.807) is 7.11 Å². The summed E-state index contributed by atoms with van der Waals surface area (Å²) in [5.74, 6) is 0.102. The molecule has 0 saturated heterocycles. The Kier molecular flexibility index (Phi) is 5.01. The maximum absolute atomic E-state index is 12.5. The molecule has 1 aromatic carbocycles. The summed E-state index contributed by atoms with van der Waals surface area (Å²) in [6.45, 7) is 0.953. The number of hydrogen-bond donors (Lipinski definition) is 1. The molecular formula is C14H22N2O3S. The van der Waals surface area contributed by atoms with Crippen LogP contribution in [0.4, 0.5) is 5.69 Å². The second-order valence-corrected chi connectivity index (χ2v) is 7.05. The number of nitrogens with zero attached hydrogens (tertiary/aromatic N) is 1. The number of benzene rings is 1. The molecule has 5 nitrogen and oxygen atoms in total. The molecule has 6 heteroatoms. The van der Waals surface area contributed by atoms with Gasteiger partial charge in [0.15, 0.2) is 0 Å². The maximum atomic E-state index is 12.5. The predicted octanol–water partition coefficient (Wildman–Crippen LogP) is 1.65. The van der Waals surface area contributed by atoms with Crippen LogP contribution in [-0.2, 0) is 14.8 Å². The van der Waals surface area contributed by atoms with Crippen LogP contribution in [0.1, 0.15) is 30.9 Å². The lowest BCUT2D eigenvalue weighted by atomic mass is 10.0. The van der Waals surface area contributed by atoms with Crippen LogP contribution in [0.2, 0.25) is 0 Å². The highest BCUT2D eigenvalue weighted by Crippen LogP contribution is 2.33. The van der Waals surface area contributed by atoms with E-state index in [4.69, 9.17) is 10.5 Å². The largest absolute Gasteiger partial charge is 0.385 e. The molecule has 1 aliphatic heterocycles. The summed E-state index contributed by atoms with van der Waals surface area (Å²) in [5, 5.41) is 0. The van der Waals surface area contributed by atoms with Gasteiger partial charge in [0, 0.05) is 26.3 Å². The number of nitrogens with two attached hydrogens (primary N) is 1. The van der Waals surface area contributed by atoms with Gasteiger partial charge in [-0.25, -0.2) is 8.42 Å². The maximum Gasteiger partial charge on any atom is 0.235 e. The fourth-order valence-corrected chi connectivity index (χ4v) is 4.12. The molecule has 0 fully saturated rings. The third-order valence-corrected chi connectivity index (χ3v) is 5.42. The van der Waals surface area contributed by atoms with Crippen LogP contribution in [0.15, 0.2) is 24.3 Å². The van der Waals surface area contributed by atoms with Crippen LogP contribution in [-0.4, -0.2) is 34.4 Å². The van der Waals surface area contributed by atoms with Gasteiger partial charge >= 0.3 is 0 Å². The normalized spacial score (nSPS) is 19.5. The molecule has 0 saturated carbocycles. The van der Waals surface area contributed by atoms with Crippen molar-refractivity contribution in [3.8, 4) is 0 Å². The van der Waals surface area contributed by atoms with E-state index >= 15 is 0 Å². The van der Waals surface area contributed by atoms with Gasteiger partial charge in [-0.05, 0) is 30.9 Å². The Balaban J connectivity index is 2.29. The summed E-state index contributed by atoms with van der Waals surface area (Å²) in [5.41, 5.74) is 7.78. The lowest BCUT2D eigenvalue weighted by molar-refractivity contribution is 0.199. The fourth-order valence-electron chi connectivity index (χ4n) is 2.54. The van der Waals surface area contributed by atoms with E-state index in [1.807, 2.05) is 24.3 Å². The number of rotatable bonds is 5. The number of sulfonamides is 1. The van der Waals surface area contributed by atoms with Gasteiger partial charge in [0.1, 0.15) is 0 Å². The van der Waals surface area contributed by atoms with Crippen LogP contribution in [0, 0.1) is 0 Å². The SMILES string of the molecule is COCCCS(=O)(=O)N1CCCC(N)c2ccccc21. The molecule has 112 valence electrons. The quantitative estimate of drug-likeness (QED) is 0.839. The van der Waals surface area contributed by atoms with Crippen molar-refractivity contribution in [2.24, 2.45) is 5.73 Å². The van der Waals surface area contributed by atoms with Crippen LogP contribution in [0.5, 0.6) is 0 Å². The van der Waals surface area contributed by atoms with E-state index in [9.17, 15) is 8.42 Å². The first-order valence-corrected chi connectivity index (χ1v) is 8.51. The molecule has 2 rings (SSSR count). The van der Waals surface area contributed by atoms with Gasteiger partial charge in [0.25, 0.3) is 0 Å². The molecule has 1 aromatic rings. The van der Waals surface area contributed by atoms with Gasteiger partial charge in [-0.1, -0.05) is 18.2 Å². The lowest BCUT2D eigenvalue weighted by Gasteiger charge is -2.24. The van der Waals surface area contributed by atoms with Gasteiger partial charge in [0.05, 0.1) is 11.4 Å². The summed E-state index contributed by atoms with van der Waals surface area (Å²) < 4.78 is 31.5. The Labute approximate surface area is 120 Å². The smallest absolute Gasteiger partial charge is 0.235 e. The van der Waals surface area contributed by atoms with Crippen molar-refractivity contribution in [1.29, 1.82) is 0 Å². The van der Waals surface area contributed by atoms with Crippen molar-refractivity contribution >= 4 is 15.7 Å². The van der Waals surface area contributed by atoms with E-state index < -0.39 is 10.0 Å². The zero-order chi connectivity index (χ0) is 14.6. The zero-order valence-corrected chi connectivity index (χ0v) is 12.6. The molecule has 1 heterocycles. The van der Waals surface area contributed by atoms with Crippen molar-refractivity contribution in [3.63, 3.8) is 0 Å². The Morgan fingerprint density at radius 2 is 2.15 bits per heavy atom. The standard InChI is InChI=1S/C14H22N2O3S/c1-19-10-5-11-20(17,18)16-9-4-7-13(15)12-6-2-3-8-14(12)16/h2-3,6,8,13H,4-5,7,9-11,15H2,1H3. The molecule has 0 aromatic heterocycles. The number of para-hydroxylation sites is 1. The molecule has 2 N–H and O–H groups in total. The highest BCUT2D eigenvalue weighted by Gasteiger charge is 2.28. The van der Waals surface area contributed by atoms with Gasteiger partial charge < -0.3 is 10.5 Å². The summed E-state index contributed by atoms with van der Waals surface area (Å²) in [4.78, 5) is 0. The van der Waals surface area contributed by atoms with E-state index in [2.05, 4.69) is 0 Å².